The highest BCUT2D eigenvalue weighted by Gasteiger charge is 2.22. The normalized spacial score (nSPS) is 10.3. The molecule has 0 aliphatic rings. The zero-order chi connectivity index (χ0) is 22.3. The van der Waals surface area contributed by atoms with Gasteiger partial charge in [-0.15, -0.1) is 0 Å². The maximum atomic E-state index is 12.6. The third kappa shape index (κ3) is 5.53. The summed E-state index contributed by atoms with van der Waals surface area (Å²) in [5, 5.41) is 13.2. The number of hydrogen-bond acceptors (Lipinski definition) is 8. The molecule has 160 valence electrons. The number of nitro benzene ring substituents is 1. The smallest absolute Gasteiger partial charge is 0.387 e. The largest absolute Gasteiger partial charge is 0.494 e. The second kappa shape index (κ2) is 10.0. The first-order valence-corrected chi connectivity index (χ1v) is 8.18. The number of nitro groups is 1. The van der Waals surface area contributed by atoms with Crippen molar-refractivity contribution in [3.8, 4) is 17.2 Å². The number of amides is 1. The minimum atomic E-state index is -3.22. The van der Waals surface area contributed by atoms with Gasteiger partial charge in [0.25, 0.3) is 11.6 Å². The highest BCUT2D eigenvalue weighted by Crippen LogP contribution is 2.33. The lowest BCUT2D eigenvalue weighted by Gasteiger charge is -2.14. The Labute approximate surface area is 168 Å². The average Bonchev–Trinajstić information content (AvgIpc) is 2.71. The third-order valence-corrected chi connectivity index (χ3v) is 3.63. The fourth-order valence-electron chi connectivity index (χ4n) is 2.34. The van der Waals surface area contributed by atoms with Crippen molar-refractivity contribution in [2.45, 2.75) is 6.61 Å². The van der Waals surface area contributed by atoms with Crippen LogP contribution in [0.15, 0.2) is 36.4 Å². The summed E-state index contributed by atoms with van der Waals surface area (Å²) in [4.78, 5) is 34.5. The highest BCUT2D eigenvalue weighted by atomic mass is 19.3. The summed E-state index contributed by atoms with van der Waals surface area (Å²) in [5.41, 5.74) is -0.511. The van der Waals surface area contributed by atoms with Gasteiger partial charge in [0.05, 0.1) is 30.9 Å². The lowest BCUT2D eigenvalue weighted by molar-refractivity contribution is -0.384. The number of ether oxygens (including phenoxy) is 4. The van der Waals surface area contributed by atoms with Gasteiger partial charge in [-0.05, 0) is 18.2 Å². The van der Waals surface area contributed by atoms with E-state index in [1.807, 2.05) is 0 Å². The Morgan fingerprint density at radius 1 is 1.13 bits per heavy atom. The minimum Gasteiger partial charge on any atom is -0.494 e. The minimum absolute atomic E-state index is 0.0179. The van der Waals surface area contributed by atoms with Crippen LogP contribution in [0, 0.1) is 10.1 Å². The van der Waals surface area contributed by atoms with Gasteiger partial charge in [0.2, 0.25) is 0 Å². The van der Waals surface area contributed by atoms with Gasteiger partial charge < -0.3 is 24.3 Å². The molecule has 0 unspecified atom stereocenters. The molecule has 0 heterocycles. The van der Waals surface area contributed by atoms with Gasteiger partial charge in [0, 0.05) is 6.07 Å². The van der Waals surface area contributed by atoms with Crippen LogP contribution in [0.4, 0.5) is 20.2 Å². The van der Waals surface area contributed by atoms with Crippen molar-refractivity contribution in [1.29, 1.82) is 0 Å². The Bertz CT molecular complexity index is 952. The molecule has 12 heteroatoms. The van der Waals surface area contributed by atoms with Crippen molar-refractivity contribution >= 4 is 23.3 Å². The van der Waals surface area contributed by atoms with Gasteiger partial charge in [-0.25, -0.2) is 4.79 Å². The summed E-state index contributed by atoms with van der Waals surface area (Å²) in [7, 11) is 2.45. The lowest BCUT2D eigenvalue weighted by atomic mass is 10.2. The van der Waals surface area contributed by atoms with Crippen molar-refractivity contribution in [3.63, 3.8) is 0 Å². The molecule has 2 aromatic carbocycles. The molecule has 0 aliphatic carbocycles. The molecule has 10 nitrogen and oxygen atoms in total. The maximum Gasteiger partial charge on any atom is 0.387 e. The van der Waals surface area contributed by atoms with Gasteiger partial charge in [-0.1, -0.05) is 6.07 Å². The van der Waals surface area contributed by atoms with Crippen molar-refractivity contribution in [2.75, 3.05) is 26.1 Å². The van der Waals surface area contributed by atoms with Gasteiger partial charge >= 0.3 is 12.6 Å². The number of methoxy groups -OCH3 is 2. The quantitative estimate of drug-likeness (QED) is 0.368. The van der Waals surface area contributed by atoms with E-state index in [9.17, 15) is 28.5 Å². The van der Waals surface area contributed by atoms with E-state index in [1.54, 1.807) is 0 Å². The molecule has 0 aromatic heterocycles. The molecule has 1 amide bonds. The number of anilines is 1. The van der Waals surface area contributed by atoms with Crippen molar-refractivity contribution in [1.82, 2.24) is 0 Å². The van der Waals surface area contributed by atoms with Crippen LogP contribution in [0.2, 0.25) is 0 Å². The van der Waals surface area contributed by atoms with Crippen LogP contribution in [0.25, 0.3) is 0 Å². The van der Waals surface area contributed by atoms with E-state index in [0.717, 1.165) is 12.1 Å². The Hall–Kier alpha value is -3.96. The molecule has 1 N–H and O–H groups in total. The number of non-ortho nitro benzene ring substituents is 1. The number of carbonyl (C=O) groups excluding carboxylic acids is 2. The Balaban J connectivity index is 2.09. The van der Waals surface area contributed by atoms with E-state index < -0.39 is 35.8 Å². The second-order valence-electron chi connectivity index (χ2n) is 5.48. The van der Waals surface area contributed by atoms with Crippen molar-refractivity contribution in [2.24, 2.45) is 0 Å². The van der Waals surface area contributed by atoms with Crippen LogP contribution in [0.5, 0.6) is 17.2 Å². The zero-order valence-corrected chi connectivity index (χ0v) is 15.7. The Kier molecular flexibility index (Phi) is 7.44. The highest BCUT2D eigenvalue weighted by molar-refractivity contribution is 5.98. The van der Waals surface area contributed by atoms with Crippen molar-refractivity contribution in [3.05, 3.63) is 52.1 Å². The number of esters is 1. The summed E-state index contributed by atoms with van der Waals surface area (Å²) >= 11 is 0. The number of para-hydroxylation sites is 1. The molecule has 2 aromatic rings. The van der Waals surface area contributed by atoms with Crippen LogP contribution in [0.3, 0.4) is 0 Å². The SMILES string of the molecule is COc1cc([N+](=O)[O-])ccc1NC(=O)COC(=O)c1cccc(OC)c1OC(F)F. The van der Waals surface area contributed by atoms with Crippen LogP contribution in [0.1, 0.15) is 10.4 Å². The first-order valence-electron chi connectivity index (χ1n) is 8.18. The summed E-state index contributed by atoms with van der Waals surface area (Å²) < 4.78 is 44.3. The van der Waals surface area contributed by atoms with Crippen LogP contribution in [-0.4, -0.2) is 44.2 Å². The van der Waals surface area contributed by atoms with Gasteiger partial charge in [0.1, 0.15) is 11.3 Å². The topological polar surface area (TPSA) is 126 Å². The molecule has 0 bridgehead atoms. The molecule has 0 saturated carbocycles. The summed E-state index contributed by atoms with van der Waals surface area (Å²) in [6.45, 7) is -3.99. The number of rotatable bonds is 9. The molecule has 0 radical (unpaired) electrons. The first-order chi connectivity index (χ1) is 14.3. The number of nitrogens with zero attached hydrogens (tertiary/aromatic N) is 1. The van der Waals surface area contributed by atoms with Gasteiger partial charge in [-0.3, -0.25) is 14.9 Å². The number of nitrogens with one attached hydrogen (secondary N) is 1. The molecule has 0 spiro atoms. The summed E-state index contributed by atoms with van der Waals surface area (Å²) in [6, 6.07) is 7.32. The standard InChI is InChI=1S/C18H16F2N2O8/c1-27-13-5-3-4-11(16(13)30-18(19)20)17(24)29-9-15(23)21-12-7-6-10(22(25)26)8-14(12)28-2/h3-8,18H,9H2,1-2H3,(H,21,23). The average molecular weight is 426 g/mol. The van der Waals surface area contributed by atoms with E-state index in [0.29, 0.717) is 0 Å². The maximum absolute atomic E-state index is 12.6. The van der Waals surface area contributed by atoms with E-state index in [2.05, 4.69) is 10.1 Å². The predicted octanol–water partition coefficient (Wildman–Crippen LogP) is 3.01. The van der Waals surface area contributed by atoms with Gasteiger partial charge in [-0.2, -0.15) is 8.78 Å². The van der Waals surface area contributed by atoms with E-state index >= 15 is 0 Å². The van der Waals surface area contributed by atoms with Crippen LogP contribution in [-0.2, 0) is 9.53 Å². The molecule has 0 saturated heterocycles. The number of benzene rings is 2. The van der Waals surface area contributed by atoms with Crippen LogP contribution < -0.4 is 19.5 Å². The van der Waals surface area contributed by atoms with E-state index in [4.69, 9.17) is 14.2 Å². The van der Waals surface area contributed by atoms with Crippen LogP contribution >= 0.6 is 0 Å². The first kappa shape index (κ1) is 22.3. The molecule has 2 rings (SSSR count). The van der Waals surface area contributed by atoms with E-state index in [-0.39, 0.29) is 28.4 Å². The zero-order valence-electron chi connectivity index (χ0n) is 15.7. The third-order valence-electron chi connectivity index (χ3n) is 3.63. The summed E-state index contributed by atoms with van der Waals surface area (Å²) in [6.07, 6.45) is 0. The molecule has 0 fully saturated rings. The molecule has 30 heavy (non-hydrogen) atoms. The molecule has 0 atom stereocenters. The number of hydrogen-bond donors (Lipinski definition) is 1. The fourth-order valence-corrected chi connectivity index (χ4v) is 2.34. The Morgan fingerprint density at radius 2 is 1.83 bits per heavy atom. The molecular weight excluding hydrogens is 410 g/mol. The number of alkyl halides is 2. The lowest BCUT2D eigenvalue weighted by Crippen LogP contribution is -2.21. The second-order valence-corrected chi connectivity index (χ2v) is 5.48. The number of halogens is 2. The number of carbonyl (C=O) groups is 2. The fraction of sp³-hybridized carbons (Fsp3) is 0.222. The monoisotopic (exact) mass is 426 g/mol. The predicted molar refractivity (Wildman–Crippen MR) is 98.2 cm³/mol. The van der Waals surface area contributed by atoms with Gasteiger partial charge in [0.15, 0.2) is 18.1 Å². The Morgan fingerprint density at radius 3 is 2.43 bits per heavy atom. The van der Waals surface area contributed by atoms with E-state index in [1.165, 1.54) is 38.5 Å². The molecule has 0 aliphatic heterocycles. The van der Waals surface area contributed by atoms with Crippen molar-refractivity contribution < 1.29 is 42.2 Å². The summed E-state index contributed by atoms with van der Waals surface area (Å²) in [5.74, 6) is -2.53. The molecular formula is C18H16F2N2O8.